The second-order valence-corrected chi connectivity index (χ2v) is 11.0. The van der Waals surface area contributed by atoms with Crippen molar-refractivity contribution in [1.29, 1.82) is 0 Å². The molecule has 2 aromatic rings. The Bertz CT molecular complexity index is 1230. The highest BCUT2D eigenvalue weighted by molar-refractivity contribution is 7.83. The molecule has 1 aromatic heterocycles. The Morgan fingerprint density at radius 1 is 1.29 bits per heavy atom. The number of amides is 1. The van der Waals surface area contributed by atoms with Crippen LogP contribution in [0.1, 0.15) is 35.7 Å². The maximum Gasteiger partial charge on any atom is 0.263 e. The van der Waals surface area contributed by atoms with E-state index in [9.17, 15) is 14.1 Å². The van der Waals surface area contributed by atoms with Crippen LogP contribution in [0.2, 0.25) is 0 Å². The average Bonchev–Trinajstić information content (AvgIpc) is 3.23. The molecule has 11 nitrogen and oxygen atoms in total. The van der Waals surface area contributed by atoms with Gasteiger partial charge in [0.1, 0.15) is 16.7 Å². The highest BCUT2D eigenvalue weighted by Crippen LogP contribution is 2.43. The molecule has 35 heavy (non-hydrogen) atoms. The predicted molar refractivity (Wildman–Crippen MR) is 133 cm³/mol. The fourth-order valence-corrected chi connectivity index (χ4v) is 6.05. The molecule has 6 rings (SSSR count). The fourth-order valence-electron chi connectivity index (χ4n) is 4.93. The summed E-state index contributed by atoms with van der Waals surface area (Å²) in [6.07, 6.45) is 4.78. The van der Waals surface area contributed by atoms with E-state index in [1.165, 1.54) is 0 Å². The van der Waals surface area contributed by atoms with Crippen molar-refractivity contribution in [3.63, 3.8) is 0 Å². The minimum absolute atomic E-state index is 0.0801. The summed E-state index contributed by atoms with van der Waals surface area (Å²) in [5.74, 6) is 0.475. The van der Waals surface area contributed by atoms with Crippen LogP contribution >= 0.6 is 0 Å². The molecule has 1 aromatic carbocycles. The Kier molecular flexibility index (Phi) is 5.44. The molecule has 12 heteroatoms. The van der Waals surface area contributed by atoms with Gasteiger partial charge < -0.3 is 20.2 Å². The van der Waals surface area contributed by atoms with Gasteiger partial charge in [0.2, 0.25) is 5.96 Å². The van der Waals surface area contributed by atoms with E-state index in [4.69, 9.17) is 4.99 Å². The van der Waals surface area contributed by atoms with Gasteiger partial charge in [0.25, 0.3) is 5.91 Å². The molecule has 1 amide bonds. The maximum absolute atomic E-state index is 14.0. The van der Waals surface area contributed by atoms with Crippen LogP contribution in [0, 0.1) is 0 Å². The van der Waals surface area contributed by atoms with Gasteiger partial charge in [-0.3, -0.25) is 19.4 Å². The number of benzene rings is 1. The first-order chi connectivity index (χ1) is 16.8. The third kappa shape index (κ3) is 4.03. The fraction of sp³-hybridized carbons (Fsp3) is 0.522. The van der Waals surface area contributed by atoms with Gasteiger partial charge in [0, 0.05) is 45.0 Å². The zero-order chi connectivity index (χ0) is 24.3. The molecular weight excluding hydrogens is 468 g/mol. The number of hydrogen-bond donors (Lipinski definition) is 3. The van der Waals surface area contributed by atoms with Crippen molar-refractivity contribution in [3.05, 3.63) is 35.7 Å². The van der Waals surface area contributed by atoms with Crippen LogP contribution in [0.15, 0.2) is 34.4 Å². The molecule has 1 saturated carbocycles. The molecule has 1 aliphatic carbocycles. The van der Waals surface area contributed by atoms with Gasteiger partial charge >= 0.3 is 0 Å². The lowest BCUT2D eigenvalue weighted by Gasteiger charge is -2.41. The molecule has 2 atom stereocenters. The number of nitrogens with zero attached hydrogens (tertiary/aromatic N) is 6. The monoisotopic (exact) mass is 498 g/mol. The van der Waals surface area contributed by atoms with Crippen molar-refractivity contribution >= 4 is 34.2 Å². The van der Waals surface area contributed by atoms with Crippen molar-refractivity contribution in [2.45, 2.75) is 43.0 Å². The van der Waals surface area contributed by atoms with E-state index in [1.807, 2.05) is 19.3 Å². The first kappa shape index (κ1) is 22.7. The van der Waals surface area contributed by atoms with Crippen LogP contribution in [-0.4, -0.2) is 80.4 Å². The van der Waals surface area contributed by atoms with E-state index >= 15 is 0 Å². The van der Waals surface area contributed by atoms with Gasteiger partial charge in [-0.1, -0.05) is 0 Å². The second kappa shape index (κ2) is 8.40. The van der Waals surface area contributed by atoms with Gasteiger partial charge in [-0.15, -0.1) is 0 Å². The minimum atomic E-state index is -1.65. The molecule has 0 bridgehead atoms. The lowest BCUT2D eigenvalue weighted by atomic mass is 10.0. The van der Waals surface area contributed by atoms with Gasteiger partial charge in [-0.05, 0) is 31.9 Å². The summed E-state index contributed by atoms with van der Waals surface area (Å²) in [6.45, 7) is 6.27. The molecule has 1 unspecified atom stereocenters. The zero-order valence-electron chi connectivity index (χ0n) is 19.9. The Balaban J connectivity index is 1.47. The number of aryl methyl sites for hydroxylation is 1. The molecule has 3 N–H and O–H groups in total. The summed E-state index contributed by atoms with van der Waals surface area (Å²) < 4.78 is 17.8. The van der Waals surface area contributed by atoms with Crippen molar-refractivity contribution in [2.75, 3.05) is 42.5 Å². The molecular formula is C23H30N8O3S. The average molecular weight is 499 g/mol. The number of rotatable bonds is 6. The quantitative estimate of drug-likeness (QED) is 0.485. The number of nitrogens with one attached hydrogen (secondary N) is 2. The summed E-state index contributed by atoms with van der Waals surface area (Å²) >= 11 is 0. The number of aliphatic hydroxyl groups is 1. The van der Waals surface area contributed by atoms with E-state index in [0.717, 1.165) is 43.1 Å². The van der Waals surface area contributed by atoms with Crippen molar-refractivity contribution in [1.82, 2.24) is 24.7 Å². The number of hydrogen-bond acceptors (Lipinski definition) is 8. The molecule has 1 saturated heterocycles. The highest BCUT2D eigenvalue weighted by atomic mass is 32.2. The standard InChI is InChI=1S/C23H30N8O3S/c1-15-11-25-22-30(14-16-12-26-28(2)13-16)21(32)18-9-17(35(34)27-23(33)3-4-23)10-19(20(18)31(15)22)29-7-5-24-6-8-29/h9-10,12-13,15,24,27,33H,3-8,11,14H2,1-2H3/t15-,35?/m1/s1. The maximum atomic E-state index is 14.0. The topological polar surface area (TPSA) is 118 Å². The normalized spacial score (nSPS) is 23.7. The Morgan fingerprint density at radius 2 is 2.06 bits per heavy atom. The number of anilines is 2. The second-order valence-electron chi connectivity index (χ2n) is 9.75. The van der Waals surface area contributed by atoms with E-state index in [0.29, 0.717) is 42.3 Å². The third-order valence-corrected chi connectivity index (χ3v) is 8.18. The first-order valence-electron chi connectivity index (χ1n) is 12.0. The van der Waals surface area contributed by atoms with Crippen LogP contribution < -0.4 is 19.8 Å². The number of guanidine groups is 1. The van der Waals surface area contributed by atoms with E-state index in [-0.39, 0.29) is 11.9 Å². The third-order valence-electron chi connectivity index (χ3n) is 6.95. The smallest absolute Gasteiger partial charge is 0.263 e. The van der Waals surface area contributed by atoms with E-state index in [2.05, 4.69) is 31.9 Å². The lowest BCUT2D eigenvalue weighted by molar-refractivity contribution is 0.0832. The SMILES string of the molecule is C[C@@H]1CN=C2N(Cc3cnn(C)c3)C(=O)c3cc(S(=O)NC4(O)CC4)cc(N4CCNCC4)c3N21. The van der Waals surface area contributed by atoms with Crippen LogP contribution in [0.5, 0.6) is 0 Å². The van der Waals surface area contributed by atoms with Crippen LogP contribution in [0.3, 0.4) is 0 Å². The van der Waals surface area contributed by atoms with E-state index < -0.39 is 16.7 Å². The molecule has 4 aliphatic rings. The van der Waals surface area contributed by atoms with Gasteiger partial charge in [0.15, 0.2) is 0 Å². The summed E-state index contributed by atoms with van der Waals surface area (Å²) in [5, 5.41) is 17.9. The van der Waals surface area contributed by atoms with Crippen molar-refractivity contribution < 1.29 is 14.1 Å². The number of carbonyl (C=O) groups is 1. The van der Waals surface area contributed by atoms with Gasteiger partial charge in [-0.2, -0.15) is 5.10 Å². The van der Waals surface area contributed by atoms with Gasteiger partial charge in [-0.25, -0.2) is 8.93 Å². The lowest BCUT2D eigenvalue weighted by Crippen LogP contribution is -2.53. The number of aliphatic imine (C=N–C) groups is 1. The Labute approximate surface area is 206 Å². The van der Waals surface area contributed by atoms with Gasteiger partial charge in [0.05, 0.1) is 47.2 Å². The first-order valence-corrected chi connectivity index (χ1v) is 13.2. The molecule has 186 valence electrons. The van der Waals surface area contributed by atoms with Crippen LogP contribution in [-0.2, 0) is 24.6 Å². The molecule has 2 fully saturated rings. The molecule has 0 radical (unpaired) electrons. The summed E-state index contributed by atoms with van der Waals surface area (Å²) in [4.78, 5) is 25.3. The Morgan fingerprint density at radius 3 is 2.74 bits per heavy atom. The Hall–Kier alpha value is -2.80. The number of fused-ring (bicyclic) bond motifs is 3. The number of aromatic nitrogens is 2. The zero-order valence-corrected chi connectivity index (χ0v) is 20.7. The van der Waals surface area contributed by atoms with Crippen LogP contribution in [0.25, 0.3) is 0 Å². The predicted octanol–water partition coefficient (Wildman–Crippen LogP) is 0.145. The van der Waals surface area contributed by atoms with Crippen LogP contribution in [0.4, 0.5) is 11.4 Å². The van der Waals surface area contributed by atoms with Crippen molar-refractivity contribution in [2.24, 2.45) is 12.0 Å². The van der Waals surface area contributed by atoms with Crippen molar-refractivity contribution in [3.8, 4) is 0 Å². The molecule has 3 aliphatic heterocycles. The molecule has 0 spiro atoms. The highest BCUT2D eigenvalue weighted by Gasteiger charge is 2.45. The summed E-state index contributed by atoms with van der Waals surface area (Å²) in [7, 11) is 0.194. The largest absolute Gasteiger partial charge is 0.375 e. The minimum Gasteiger partial charge on any atom is -0.375 e. The molecule has 4 heterocycles. The number of carbonyl (C=O) groups excluding carboxylic acids is 1. The van der Waals surface area contributed by atoms with E-state index in [1.54, 1.807) is 21.8 Å². The summed E-state index contributed by atoms with van der Waals surface area (Å²) in [6, 6.07) is 3.71. The number of piperazine rings is 1. The summed E-state index contributed by atoms with van der Waals surface area (Å²) in [5.41, 5.74) is 2.04.